The Bertz CT molecular complexity index is 559. The molecule has 0 amide bonds. The van der Waals surface area contributed by atoms with E-state index in [0.717, 1.165) is 4.90 Å². The normalized spacial score (nSPS) is 14.6. The zero-order chi connectivity index (χ0) is 19.5. The van der Waals surface area contributed by atoms with Crippen molar-refractivity contribution < 1.29 is 9.90 Å². The van der Waals surface area contributed by atoms with E-state index in [1.165, 1.54) is 28.5 Å². The Hall–Kier alpha value is -0.800. The van der Waals surface area contributed by atoms with Gasteiger partial charge in [0.05, 0.1) is 12.0 Å². The first kappa shape index (κ1) is 22.2. The Labute approximate surface area is 158 Å². The summed E-state index contributed by atoms with van der Waals surface area (Å²) in [6.07, 6.45) is -0.597. The number of hydrogen-bond donors (Lipinski definition) is 1. The quantitative estimate of drug-likeness (QED) is 0.574. The van der Waals surface area contributed by atoms with Crippen LogP contribution in [0.3, 0.4) is 0 Å². The summed E-state index contributed by atoms with van der Waals surface area (Å²) in [5.74, 6) is 0.895. The van der Waals surface area contributed by atoms with Crippen molar-refractivity contribution in [2.45, 2.75) is 91.1 Å². The second kappa shape index (κ2) is 9.23. The maximum atomic E-state index is 12.8. The number of aliphatic hydroxyl groups excluding tert-OH is 1. The Kier molecular flexibility index (Phi) is 8.21. The molecular formula is C22H36O2S. The average molecular weight is 365 g/mol. The van der Waals surface area contributed by atoms with Crippen molar-refractivity contribution in [3.05, 3.63) is 28.8 Å². The molecule has 142 valence electrons. The first-order chi connectivity index (χ1) is 11.5. The van der Waals surface area contributed by atoms with E-state index >= 15 is 0 Å². The lowest BCUT2D eigenvalue weighted by atomic mass is 9.89. The van der Waals surface area contributed by atoms with E-state index < -0.39 is 6.10 Å². The molecule has 0 bridgehead atoms. The average Bonchev–Trinajstić information content (AvgIpc) is 2.52. The molecule has 1 aromatic carbocycles. The van der Waals surface area contributed by atoms with Crippen LogP contribution < -0.4 is 0 Å². The van der Waals surface area contributed by atoms with Crippen LogP contribution in [0.4, 0.5) is 0 Å². The summed E-state index contributed by atoms with van der Waals surface area (Å²) in [5, 5.41) is 10.3. The van der Waals surface area contributed by atoms with Gasteiger partial charge in [0.2, 0.25) is 0 Å². The number of hydrogen-bond acceptors (Lipinski definition) is 3. The largest absolute Gasteiger partial charge is 0.392 e. The second-order valence-electron chi connectivity index (χ2n) is 8.44. The van der Waals surface area contributed by atoms with Crippen LogP contribution in [0.1, 0.15) is 96.8 Å². The fourth-order valence-corrected chi connectivity index (χ4v) is 4.27. The van der Waals surface area contributed by atoms with Gasteiger partial charge in [0.15, 0.2) is 5.12 Å². The standard InChI is InChI=1S/C22H36O2S/c1-12(2)17-10-18(13(3)4)21(19(11-17)14(5)6)25-22(24)16(9)20(23)15(7)8/h10-16,20,23H,1-9H3/t16-,20+/m1/s1. The van der Waals surface area contributed by atoms with Crippen LogP contribution in [0, 0.1) is 11.8 Å². The molecular weight excluding hydrogens is 328 g/mol. The molecule has 1 N–H and O–H groups in total. The SMILES string of the molecule is CC(C)c1cc(C(C)C)c(SC(=O)[C@H](C)[C@@H](O)C(C)C)c(C(C)C)c1. The molecule has 0 spiro atoms. The van der Waals surface area contributed by atoms with E-state index in [1.807, 2.05) is 20.8 Å². The van der Waals surface area contributed by atoms with E-state index in [-0.39, 0.29) is 17.0 Å². The van der Waals surface area contributed by atoms with Crippen LogP contribution in [0.5, 0.6) is 0 Å². The van der Waals surface area contributed by atoms with Crippen LogP contribution >= 0.6 is 11.8 Å². The summed E-state index contributed by atoms with van der Waals surface area (Å²) < 4.78 is 0. The lowest BCUT2D eigenvalue weighted by Crippen LogP contribution is -2.28. The van der Waals surface area contributed by atoms with Gasteiger partial charge in [-0.3, -0.25) is 4.79 Å². The number of carbonyl (C=O) groups excluding carboxylic acids is 1. The summed E-state index contributed by atoms with van der Waals surface area (Å²) in [6, 6.07) is 4.53. The third kappa shape index (κ3) is 5.59. The summed E-state index contributed by atoms with van der Waals surface area (Å²) >= 11 is 1.33. The molecule has 0 saturated carbocycles. The molecule has 0 radical (unpaired) electrons. The molecule has 0 fully saturated rings. The summed E-state index contributed by atoms with van der Waals surface area (Å²) in [4.78, 5) is 13.9. The van der Waals surface area contributed by atoms with Gasteiger partial charge in [0, 0.05) is 4.90 Å². The number of aliphatic hydroxyl groups is 1. The molecule has 0 saturated heterocycles. The number of rotatable bonds is 7. The molecule has 25 heavy (non-hydrogen) atoms. The van der Waals surface area contributed by atoms with Crippen molar-refractivity contribution in [1.82, 2.24) is 0 Å². The maximum absolute atomic E-state index is 12.8. The van der Waals surface area contributed by atoms with Crippen molar-refractivity contribution in [1.29, 1.82) is 0 Å². The van der Waals surface area contributed by atoms with E-state index in [1.54, 1.807) is 0 Å². The van der Waals surface area contributed by atoms with Gasteiger partial charge in [0.25, 0.3) is 0 Å². The van der Waals surface area contributed by atoms with Gasteiger partial charge >= 0.3 is 0 Å². The highest BCUT2D eigenvalue weighted by Gasteiger charge is 2.27. The fourth-order valence-electron chi connectivity index (χ4n) is 2.92. The molecule has 0 unspecified atom stereocenters. The third-order valence-corrected chi connectivity index (χ3v) is 6.10. The molecule has 3 heteroatoms. The topological polar surface area (TPSA) is 37.3 Å². The van der Waals surface area contributed by atoms with Crippen molar-refractivity contribution >= 4 is 16.9 Å². The predicted octanol–water partition coefficient (Wildman–Crippen LogP) is 6.33. The summed E-state index contributed by atoms with van der Waals surface area (Å²) in [5.41, 5.74) is 3.83. The molecule has 1 rings (SSSR count). The van der Waals surface area contributed by atoms with Gasteiger partial charge < -0.3 is 5.11 Å². The monoisotopic (exact) mass is 364 g/mol. The Morgan fingerprint density at radius 2 is 1.28 bits per heavy atom. The van der Waals surface area contributed by atoms with Gasteiger partial charge in [-0.25, -0.2) is 0 Å². The predicted molar refractivity (Wildman–Crippen MR) is 110 cm³/mol. The molecule has 0 aliphatic heterocycles. The molecule has 0 aliphatic carbocycles. The van der Waals surface area contributed by atoms with Gasteiger partial charge in [0.1, 0.15) is 0 Å². The Balaban J connectivity index is 3.35. The number of carbonyl (C=O) groups is 1. The van der Waals surface area contributed by atoms with E-state index in [0.29, 0.717) is 17.8 Å². The van der Waals surface area contributed by atoms with Crippen LogP contribution in [-0.2, 0) is 4.79 Å². The molecule has 0 aliphatic rings. The maximum Gasteiger partial charge on any atom is 0.199 e. The number of benzene rings is 1. The van der Waals surface area contributed by atoms with Gasteiger partial charge in [-0.2, -0.15) is 0 Å². The zero-order valence-corrected chi connectivity index (χ0v) is 18.2. The summed E-state index contributed by atoms with van der Waals surface area (Å²) in [6.45, 7) is 18.9. The van der Waals surface area contributed by atoms with E-state index in [2.05, 4.69) is 53.7 Å². The smallest absolute Gasteiger partial charge is 0.199 e. The van der Waals surface area contributed by atoms with E-state index in [9.17, 15) is 9.90 Å². The number of thioether (sulfide) groups is 1. The van der Waals surface area contributed by atoms with Crippen molar-refractivity contribution in [3.63, 3.8) is 0 Å². The molecule has 2 nitrogen and oxygen atoms in total. The van der Waals surface area contributed by atoms with Gasteiger partial charge in [-0.15, -0.1) is 0 Å². The summed E-state index contributed by atoms with van der Waals surface area (Å²) in [7, 11) is 0. The van der Waals surface area contributed by atoms with E-state index in [4.69, 9.17) is 0 Å². The van der Waals surface area contributed by atoms with Crippen molar-refractivity contribution in [3.8, 4) is 0 Å². The molecule has 0 heterocycles. The molecule has 1 aromatic rings. The lowest BCUT2D eigenvalue weighted by molar-refractivity contribution is -0.117. The first-order valence-corrected chi connectivity index (χ1v) is 10.4. The second-order valence-corrected chi connectivity index (χ2v) is 9.45. The minimum atomic E-state index is -0.597. The first-order valence-electron chi connectivity index (χ1n) is 9.54. The Morgan fingerprint density at radius 1 is 0.840 bits per heavy atom. The van der Waals surface area contributed by atoms with Gasteiger partial charge in [-0.1, -0.05) is 86.2 Å². The van der Waals surface area contributed by atoms with Crippen LogP contribution in [-0.4, -0.2) is 16.3 Å². The minimum absolute atomic E-state index is 0.0577. The highest BCUT2D eigenvalue weighted by atomic mass is 32.2. The lowest BCUT2D eigenvalue weighted by Gasteiger charge is -2.24. The molecule has 0 aromatic heterocycles. The third-order valence-electron chi connectivity index (χ3n) is 4.85. The van der Waals surface area contributed by atoms with Crippen LogP contribution in [0.15, 0.2) is 17.0 Å². The minimum Gasteiger partial charge on any atom is -0.392 e. The Morgan fingerprint density at radius 3 is 1.60 bits per heavy atom. The van der Waals surface area contributed by atoms with Crippen LogP contribution in [0.25, 0.3) is 0 Å². The highest BCUT2D eigenvalue weighted by molar-refractivity contribution is 8.13. The van der Waals surface area contributed by atoms with Crippen LogP contribution in [0.2, 0.25) is 0 Å². The van der Waals surface area contributed by atoms with Crippen molar-refractivity contribution in [2.24, 2.45) is 11.8 Å². The highest BCUT2D eigenvalue weighted by Crippen LogP contribution is 2.39. The zero-order valence-electron chi connectivity index (χ0n) is 17.4. The van der Waals surface area contributed by atoms with Crippen molar-refractivity contribution in [2.75, 3.05) is 0 Å². The fraction of sp³-hybridized carbons (Fsp3) is 0.682. The van der Waals surface area contributed by atoms with Gasteiger partial charge in [-0.05, 0) is 40.4 Å². The molecule has 2 atom stereocenters.